The summed E-state index contributed by atoms with van der Waals surface area (Å²) in [5, 5.41) is 1.19. The van der Waals surface area contributed by atoms with E-state index in [1.807, 2.05) is 56.5 Å². The van der Waals surface area contributed by atoms with Crippen LogP contribution in [0.3, 0.4) is 0 Å². The second-order valence-electron chi connectivity index (χ2n) is 9.75. The quantitative estimate of drug-likeness (QED) is 0.176. The van der Waals surface area contributed by atoms with Gasteiger partial charge in [-0.2, -0.15) is 20.3 Å². The number of nitroso groups, excluding NO2 is 1. The van der Waals surface area contributed by atoms with E-state index in [1.165, 1.54) is 43.5 Å². The maximum atomic E-state index is 12.8. The SMILES string of the molecule is CCN[N+](=O)c1cc(CC(=O)N2CCCCC2)ccc1-c1cnc(C2CCCCC2)s1.CC[C-]=O.C[CH-]C.[U+2]. The van der Waals surface area contributed by atoms with Crippen molar-refractivity contribution in [2.24, 2.45) is 0 Å². The first kappa shape index (κ1) is 35.5. The minimum atomic E-state index is 0. The second kappa shape index (κ2) is 20.3. The molecule has 0 atom stereocenters. The third-order valence-electron chi connectivity index (χ3n) is 6.53. The summed E-state index contributed by atoms with van der Waals surface area (Å²) in [5.41, 5.74) is 5.17. The van der Waals surface area contributed by atoms with Crippen molar-refractivity contribution < 1.29 is 45.6 Å². The van der Waals surface area contributed by atoms with Gasteiger partial charge in [0.2, 0.25) is 5.91 Å². The number of hydrogen-bond acceptors (Lipinski definition) is 5. The molecule has 1 aromatic carbocycles. The number of thiazole rings is 1. The van der Waals surface area contributed by atoms with E-state index in [-0.39, 0.29) is 37.0 Å². The molecular weight excluding hydrogens is 734 g/mol. The number of rotatable bonds is 8. The number of nitrogens with zero attached hydrogens (tertiary/aromatic N) is 3. The number of hydrogen-bond donors (Lipinski definition) is 1. The van der Waals surface area contributed by atoms with Crippen LogP contribution in [0, 0.1) is 42.4 Å². The minimum absolute atomic E-state index is 0. The Labute approximate surface area is 262 Å². The fourth-order valence-corrected chi connectivity index (χ4v) is 5.79. The summed E-state index contributed by atoms with van der Waals surface area (Å²) in [7, 11) is 0. The number of carbonyl (C=O) groups is 1. The molecule has 4 rings (SSSR count). The molecule has 0 bridgehead atoms. The summed E-state index contributed by atoms with van der Waals surface area (Å²) in [5.74, 6) is 0.700. The van der Waals surface area contributed by atoms with Gasteiger partial charge in [0.05, 0.1) is 33.3 Å². The normalized spacial score (nSPS) is 15.0. The average Bonchev–Trinajstić information content (AvgIpc) is 3.45. The van der Waals surface area contributed by atoms with Crippen molar-refractivity contribution in [3.8, 4) is 10.4 Å². The third-order valence-corrected chi connectivity index (χ3v) is 7.73. The van der Waals surface area contributed by atoms with Crippen LogP contribution in [-0.2, 0) is 16.0 Å². The molecule has 1 N–H and O–H groups in total. The number of carbonyl (C=O) groups excluding carboxylic acids is 2. The van der Waals surface area contributed by atoms with Gasteiger partial charge in [0.25, 0.3) is 0 Å². The van der Waals surface area contributed by atoms with E-state index < -0.39 is 0 Å². The van der Waals surface area contributed by atoms with Crippen molar-refractivity contribution in [3.63, 3.8) is 0 Å². The van der Waals surface area contributed by atoms with Gasteiger partial charge in [0.1, 0.15) is 0 Å². The van der Waals surface area contributed by atoms with Gasteiger partial charge in [0, 0.05) is 31.3 Å². The fraction of sp³-hybridized carbons (Fsp3) is 0.600. The first-order valence-corrected chi connectivity index (χ1v) is 15.0. The van der Waals surface area contributed by atoms with E-state index in [9.17, 15) is 9.70 Å². The van der Waals surface area contributed by atoms with Gasteiger partial charge in [-0.25, -0.2) is 4.98 Å². The van der Waals surface area contributed by atoms with Crippen LogP contribution in [-0.4, -0.2) is 46.6 Å². The minimum Gasteiger partial charge on any atom is -0.542 e. The molecule has 1 amide bonds. The zero-order valence-corrected chi connectivity index (χ0v) is 29.1. The van der Waals surface area contributed by atoms with Crippen molar-refractivity contribution in [2.75, 3.05) is 19.6 Å². The Bertz CT molecular complexity index is 1000. The summed E-state index contributed by atoms with van der Waals surface area (Å²) in [6.45, 7) is 9.89. The van der Waals surface area contributed by atoms with Gasteiger partial charge in [-0.05, 0) is 50.7 Å². The summed E-state index contributed by atoms with van der Waals surface area (Å²) < 4.78 is 0. The Morgan fingerprint density at radius 3 is 2.33 bits per heavy atom. The van der Waals surface area contributed by atoms with Gasteiger partial charge >= 0.3 is 36.8 Å². The molecule has 1 saturated carbocycles. The first-order valence-electron chi connectivity index (χ1n) is 14.1. The molecule has 0 unspecified atom stereocenters. The van der Waals surface area contributed by atoms with Crippen molar-refractivity contribution in [1.82, 2.24) is 15.3 Å². The summed E-state index contributed by atoms with van der Waals surface area (Å²) in [6.07, 6.45) is 16.1. The molecule has 2 aromatic rings. The smallest absolute Gasteiger partial charge is 0.542 e. The monoisotopic (exact) mass is 779 g/mol. The van der Waals surface area contributed by atoms with Crippen molar-refractivity contribution in [3.05, 3.63) is 46.3 Å². The topological polar surface area (TPSA) is 82.4 Å². The number of likely N-dealkylation sites (tertiary alicyclic amines) is 1. The van der Waals surface area contributed by atoms with Crippen LogP contribution in [0.15, 0.2) is 24.4 Å². The number of hydrazine groups is 1. The Balaban J connectivity index is 0.000000856. The standard InChI is InChI=1S/C24H33N4O2S.C3H5O.C3H7.U/c1-2-26-28(30)21-15-18(16-23(29)27-13-7-4-8-14-27)11-12-20(21)22-17-25-24(31-22)19-9-5-3-6-10-19;1-2-3-4;1-3-2;/h11-12,15,17,19H,2-10,13-14,16H2,1H3,(H,26,30);2H2,1H3;3H,1-2H3;/q+1;2*-1;+2. The van der Waals surface area contributed by atoms with Gasteiger partial charge in [-0.3, -0.25) is 11.1 Å². The Kier molecular flexibility index (Phi) is 18.5. The van der Waals surface area contributed by atoms with E-state index in [1.54, 1.807) is 24.5 Å². The predicted molar refractivity (Wildman–Crippen MR) is 156 cm³/mol. The number of benzene rings is 1. The molecule has 9 heteroatoms. The van der Waals surface area contributed by atoms with Crippen molar-refractivity contribution in [1.29, 1.82) is 0 Å². The van der Waals surface area contributed by atoms with E-state index in [0.717, 1.165) is 46.8 Å². The van der Waals surface area contributed by atoms with Crippen LogP contribution >= 0.6 is 11.3 Å². The van der Waals surface area contributed by atoms with E-state index in [2.05, 4.69) is 5.43 Å². The molecular formula is C30H45N4O3SU+. The average molecular weight is 780 g/mol. The van der Waals surface area contributed by atoms with Crippen LogP contribution in [0.2, 0.25) is 0 Å². The van der Waals surface area contributed by atoms with Crippen molar-refractivity contribution >= 4 is 29.2 Å². The maximum Gasteiger partial charge on any atom is 2.00 e. The van der Waals surface area contributed by atoms with E-state index >= 15 is 0 Å². The Hall–Kier alpha value is -1.56. The Morgan fingerprint density at radius 2 is 1.74 bits per heavy atom. The second-order valence-corrected chi connectivity index (χ2v) is 10.8. The van der Waals surface area contributed by atoms with Crippen LogP contribution in [0.25, 0.3) is 10.4 Å². The van der Waals surface area contributed by atoms with E-state index in [0.29, 0.717) is 31.0 Å². The Morgan fingerprint density at radius 1 is 1.13 bits per heavy atom. The summed E-state index contributed by atoms with van der Waals surface area (Å²) in [6, 6.07) is 5.84. The molecule has 1 saturated heterocycles. The van der Waals surface area contributed by atoms with Crippen LogP contribution in [0.4, 0.5) is 5.69 Å². The number of piperidine rings is 1. The van der Waals surface area contributed by atoms with Crippen molar-refractivity contribution in [2.45, 2.75) is 97.8 Å². The fourth-order valence-electron chi connectivity index (χ4n) is 4.67. The van der Waals surface area contributed by atoms with Crippen LogP contribution in [0.5, 0.6) is 0 Å². The molecule has 7 nitrogen and oxygen atoms in total. The summed E-state index contributed by atoms with van der Waals surface area (Å²) >= 11 is 1.71. The molecule has 2 heterocycles. The zero-order chi connectivity index (χ0) is 27.8. The first-order chi connectivity index (χ1) is 18.5. The number of amides is 1. The molecule has 1 aliphatic carbocycles. The molecule has 0 spiro atoms. The predicted octanol–water partition coefficient (Wildman–Crippen LogP) is 7.08. The number of nitrogens with one attached hydrogen (secondary N) is 1. The molecule has 212 valence electrons. The third kappa shape index (κ3) is 11.8. The van der Waals surface area contributed by atoms with Gasteiger partial charge < -0.3 is 16.1 Å². The molecule has 1 aliphatic heterocycles. The van der Waals surface area contributed by atoms with Crippen LogP contribution < -0.4 is 5.43 Å². The maximum absolute atomic E-state index is 12.8. The number of aromatic nitrogens is 1. The van der Waals surface area contributed by atoms with Gasteiger partial charge in [-0.15, -0.1) is 16.8 Å². The largest absolute Gasteiger partial charge is 2.00 e. The van der Waals surface area contributed by atoms with Gasteiger partial charge in [0.15, 0.2) is 4.87 Å². The van der Waals surface area contributed by atoms with Gasteiger partial charge in [-0.1, -0.05) is 32.3 Å². The van der Waals surface area contributed by atoms with E-state index in [4.69, 9.17) is 9.78 Å². The molecule has 1 aromatic heterocycles. The zero-order valence-electron chi connectivity index (χ0n) is 24.1. The molecule has 0 radical (unpaired) electrons. The molecule has 39 heavy (non-hydrogen) atoms. The van der Waals surface area contributed by atoms with Crippen LogP contribution in [0.1, 0.15) is 102 Å². The molecule has 2 aliphatic rings. The summed E-state index contributed by atoms with van der Waals surface area (Å²) in [4.78, 5) is 43.1. The molecule has 2 fully saturated rings.